The second-order valence-corrected chi connectivity index (χ2v) is 3.66. The van der Waals surface area contributed by atoms with Gasteiger partial charge in [-0.3, -0.25) is 4.79 Å². The van der Waals surface area contributed by atoms with Gasteiger partial charge < -0.3 is 4.74 Å². The van der Waals surface area contributed by atoms with Gasteiger partial charge in [-0.2, -0.15) is 0 Å². The maximum absolute atomic E-state index is 10.1. The van der Waals surface area contributed by atoms with Crippen molar-refractivity contribution in [2.45, 2.75) is 13.8 Å². The van der Waals surface area contributed by atoms with E-state index in [0.717, 1.165) is 17.6 Å². The van der Waals surface area contributed by atoms with E-state index in [-0.39, 0.29) is 0 Å². The molecule has 1 aromatic carbocycles. The fourth-order valence-electron chi connectivity index (χ4n) is 1.13. The molecule has 84 valence electrons. The largest absolute Gasteiger partial charge is 0.490 e. The van der Waals surface area contributed by atoms with Crippen molar-refractivity contribution in [3.63, 3.8) is 0 Å². The van der Waals surface area contributed by atoms with E-state index in [0.29, 0.717) is 6.61 Å². The second kappa shape index (κ2) is 6.62. The number of carbonyl (C=O) groups excluding carboxylic acids is 1. The van der Waals surface area contributed by atoms with Crippen molar-refractivity contribution in [3.05, 3.63) is 47.6 Å². The molecule has 0 amide bonds. The van der Waals surface area contributed by atoms with Crippen LogP contribution < -0.4 is 4.74 Å². The molecule has 0 unspecified atom stereocenters. The zero-order chi connectivity index (χ0) is 11.8. The van der Waals surface area contributed by atoms with Crippen LogP contribution in [0.4, 0.5) is 0 Å². The summed E-state index contributed by atoms with van der Waals surface area (Å²) >= 11 is 0. The Labute approximate surface area is 96.2 Å². The molecule has 0 atom stereocenters. The predicted molar refractivity (Wildman–Crippen MR) is 66.5 cm³/mol. The molecule has 0 aliphatic heterocycles. The average Bonchev–Trinajstić information content (AvgIpc) is 2.27. The molecule has 2 nitrogen and oxygen atoms in total. The lowest BCUT2D eigenvalue weighted by atomic mass is 10.2. The Kier molecular flexibility index (Phi) is 5.06. The molecule has 0 aromatic heterocycles. The monoisotopic (exact) mass is 216 g/mol. The van der Waals surface area contributed by atoms with Gasteiger partial charge in [-0.15, -0.1) is 0 Å². The molecular weight excluding hydrogens is 200 g/mol. The lowest BCUT2D eigenvalue weighted by Crippen LogP contribution is -1.93. The summed E-state index contributed by atoms with van der Waals surface area (Å²) in [5.41, 5.74) is 2.23. The van der Waals surface area contributed by atoms with Crippen molar-refractivity contribution in [1.82, 2.24) is 0 Å². The molecule has 1 aromatic rings. The third kappa shape index (κ3) is 4.60. The number of benzene rings is 1. The molecule has 0 aliphatic carbocycles. The third-order valence-electron chi connectivity index (χ3n) is 1.99. The molecule has 0 N–H and O–H groups in total. The van der Waals surface area contributed by atoms with Gasteiger partial charge in [0.2, 0.25) is 0 Å². The maximum Gasteiger partial charge on any atom is 0.142 e. The highest BCUT2D eigenvalue weighted by molar-refractivity contribution is 5.73. The first-order valence-electron chi connectivity index (χ1n) is 5.20. The van der Waals surface area contributed by atoms with Gasteiger partial charge in [-0.25, -0.2) is 0 Å². The summed E-state index contributed by atoms with van der Waals surface area (Å²) in [5.74, 6) is 0.834. The van der Waals surface area contributed by atoms with E-state index in [1.54, 1.807) is 6.08 Å². The van der Waals surface area contributed by atoms with Crippen LogP contribution in [-0.4, -0.2) is 12.9 Å². The van der Waals surface area contributed by atoms with E-state index in [1.165, 1.54) is 11.6 Å². The fourth-order valence-corrected chi connectivity index (χ4v) is 1.13. The Balaban J connectivity index is 2.54. The van der Waals surface area contributed by atoms with Crippen LogP contribution in [-0.2, 0) is 4.79 Å². The summed E-state index contributed by atoms with van der Waals surface area (Å²) in [4.78, 5) is 10.1. The Morgan fingerprint density at radius 2 is 1.94 bits per heavy atom. The molecule has 0 heterocycles. The first-order chi connectivity index (χ1) is 7.72. The summed E-state index contributed by atoms with van der Waals surface area (Å²) < 4.78 is 5.51. The van der Waals surface area contributed by atoms with Crippen LogP contribution in [0.3, 0.4) is 0 Å². The normalized spacial score (nSPS) is 10.1. The second-order valence-electron chi connectivity index (χ2n) is 3.66. The molecule has 0 fully saturated rings. The molecule has 0 radical (unpaired) electrons. The van der Waals surface area contributed by atoms with Crippen molar-refractivity contribution < 1.29 is 9.53 Å². The van der Waals surface area contributed by atoms with Gasteiger partial charge in [0.15, 0.2) is 0 Å². The highest BCUT2D eigenvalue weighted by atomic mass is 16.5. The number of hydrogen-bond donors (Lipinski definition) is 0. The highest BCUT2D eigenvalue weighted by Crippen LogP contribution is 2.13. The minimum Gasteiger partial charge on any atom is -0.490 e. The molecule has 0 saturated heterocycles. The van der Waals surface area contributed by atoms with Gasteiger partial charge >= 0.3 is 0 Å². The van der Waals surface area contributed by atoms with Gasteiger partial charge in [0, 0.05) is 0 Å². The Bertz CT molecular complexity index is 382. The number of hydrogen-bond acceptors (Lipinski definition) is 2. The number of rotatable bonds is 5. The summed E-state index contributed by atoms with van der Waals surface area (Å²) in [6, 6.07) is 7.61. The number of allylic oxidation sites excluding steroid dienone is 2. The van der Waals surface area contributed by atoms with E-state index in [9.17, 15) is 4.79 Å². The van der Waals surface area contributed by atoms with Crippen LogP contribution in [0.25, 0.3) is 6.08 Å². The van der Waals surface area contributed by atoms with Gasteiger partial charge in [-0.05, 0) is 43.7 Å². The minimum atomic E-state index is 0.589. The molecule has 2 heteroatoms. The number of ether oxygens (including phenoxy) is 1. The zero-order valence-electron chi connectivity index (χ0n) is 9.64. The lowest BCUT2D eigenvalue weighted by molar-refractivity contribution is -0.104. The standard InChI is InChI=1S/C14H16O2/c1-12(2)9-11-16-14-7-5-13(6-8-14)4-3-10-15/h3-10H,11H2,1-2H3. The van der Waals surface area contributed by atoms with Crippen molar-refractivity contribution in [1.29, 1.82) is 0 Å². The van der Waals surface area contributed by atoms with E-state index in [1.807, 2.05) is 44.2 Å². The summed E-state index contributed by atoms with van der Waals surface area (Å²) in [6.45, 7) is 4.67. The van der Waals surface area contributed by atoms with Gasteiger partial charge in [-0.1, -0.05) is 23.8 Å². The van der Waals surface area contributed by atoms with E-state index < -0.39 is 0 Å². The zero-order valence-corrected chi connectivity index (χ0v) is 9.64. The van der Waals surface area contributed by atoms with Crippen molar-refractivity contribution in [3.8, 4) is 5.75 Å². The van der Waals surface area contributed by atoms with Gasteiger partial charge in [0.25, 0.3) is 0 Å². The average molecular weight is 216 g/mol. The SMILES string of the molecule is CC(C)=CCOc1ccc(C=CC=O)cc1. The Morgan fingerprint density at radius 3 is 2.50 bits per heavy atom. The molecule has 1 rings (SSSR count). The molecule has 0 spiro atoms. The van der Waals surface area contributed by atoms with Crippen LogP contribution in [0.5, 0.6) is 5.75 Å². The van der Waals surface area contributed by atoms with Crippen LogP contribution >= 0.6 is 0 Å². The smallest absolute Gasteiger partial charge is 0.142 e. The first-order valence-corrected chi connectivity index (χ1v) is 5.20. The number of aldehydes is 1. The van der Waals surface area contributed by atoms with Gasteiger partial charge in [0.05, 0.1) is 0 Å². The van der Waals surface area contributed by atoms with E-state index in [4.69, 9.17) is 4.74 Å². The Hall–Kier alpha value is -1.83. The molecule has 16 heavy (non-hydrogen) atoms. The van der Waals surface area contributed by atoms with Crippen molar-refractivity contribution in [2.24, 2.45) is 0 Å². The predicted octanol–water partition coefficient (Wildman–Crippen LogP) is 3.24. The van der Waals surface area contributed by atoms with Crippen molar-refractivity contribution >= 4 is 12.4 Å². The third-order valence-corrected chi connectivity index (χ3v) is 1.99. The fraction of sp³-hybridized carbons (Fsp3) is 0.214. The van der Waals surface area contributed by atoms with Crippen molar-refractivity contribution in [2.75, 3.05) is 6.61 Å². The summed E-state index contributed by atoms with van der Waals surface area (Å²) in [7, 11) is 0. The Morgan fingerprint density at radius 1 is 1.25 bits per heavy atom. The molecular formula is C14H16O2. The minimum absolute atomic E-state index is 0.589. The summed E-state index contributed by atoms with van der Waals surface area (Å²) in [5, 5.41) is 0. The lowest BCUT2D eigenvalue weighted by Gasteiger charge is -2.03. The first kappa shape index (κ1) is 12.2. The maximum atomic E-state index is 10.1. The van der Waals surface area contributed by atoms with Gasteiger partial charge in [0.1, 0.15) is 18.6 Å². The van der Waals surface area contributed by atoms with Crippen LogP contribution in [0.2, 0.25) is 0 Å². The molecule has 0 saturated carbocycles. The van der Waals surface area contributed by atoms with E-state index >= 15 is 0 Å². The molecule has 0 aliphatic rings. The highest BCUT2D eigenvalue weighted by Gasteiger charge is 1.91. The van der Waals surface area contributed by atoms with Crippen LogP contribution in [0.1, 0.15) is 19.4 Å². The summed E-state index contributed by atoms with van der Waals surface area (Å²) in [6.07, 6.45) is 6.02. The quantitative estimate of drug-likeness (QED) is 0.429. The van der Waals surface area contributed by atoms with Crippen LogP contribution in [0.15, 0.2) is 42.0 Å². The van der Waals surface area contributed by atoms with Crippen LogP contribution in [0, 0.1) is 0 Å². The van der Waals surface area contributed by atoms with E-state index in [2.05, 4.69) is 0 Å². The number of carbonyl (C=O) groups is 1. The topological polar surface area (TPSA) is 26.3 Å². The molecule has 0 bridgehead atoms.